The quantitative estimate of drug-likeness (QED) is 0.766. The average molecular weight is 384 g/mol. The van der Waals surface area contributed by atoms with Gasteiger partial charge in [0.05, 0.1) is 4.90 Å². The summed E-state index contributed by atoms with van der Waals surface area (Å²) in [4.78, 5) is 0.424. The van der Waals surface area contributed by atoms with Gasteiger partial charge in [-0.1, -0.05) is 55.8 Å². The van der Waals surface area contributed by atoms with Crippen molar-refractivity contribution >= 4 is 10.0 Å². The summed E-state index contributed by atoms with van der Waals surface area (Å²) in [6.07, 6.45) is 3.05. The van der Waals surface area contributed by atoms with Gasteiger partial charge in [0.2, 0.25) is 10.0 Å². The minimum Gasteiger partial charge on any atom is -0.207 e. The summed E-state index contributed by atoms with van der Waals surface area (Å²) in [6, 6.07) is 16.1. The second-order valence-corrected chi connectivity index (χ2v) is 10.4. The van der Waals surface area contributed by atoms with Crippen LogP contribution in [0.15, 0.2) is 53.4 Å². The lowest BCUT2D eigenvalue weighted by Crippen LogP contribution is -2.52. The molecular formula is C23H29NO2S. The van der Waals surface area contributed by atoms with Crippen molar-refractivity contribution in [2.45, 2.75) is 56.9 Å². The molecule has 27 heavy (non-hydrogen) atoms. The highest BCUT2D eigenvalue weighted by Crippen LogP contribution is 2.46. The number of nitrogens with zero attached hydrogens (tertiary/aromatic N) is 1. The first-order chi connectivity index (χ1) is 12.9. The third-order valence-corrected chi connectivity index (χ3v) is 8.39. The van der Waals surface area contributed by atoms with Crippen LogP contribution in [0.2, 0.25) is 0 Å². The fraction of sp³-hybridized carbons (Fsp3) is 0.478. The predicted octanol–water partition coefficient (Wildman–Crippen LogP) is 4.76. The molecule has 4 rings (SSSR count). The van der Waals surface area contributed by atoms with Crippen molar-refractivity contribution in [2.75, 3.05) is 6.54 Å². The normalized spacial score (nSPS) is 25.9. The van der Waals surface area contributed by atoms with Gasteiger partial charge in [-0.25, -0.2) is 8.42 Å². The van der Waals surface area contributed by atoms with Gasteiger partial charge in [0, 0.05) is 12.6 Å². The van der Waals surface area contributed by atoms with Gasteiger partial charge in [-0.3, -0.25) is 0 Å². The lowest BCUT2D eigenvalue weighted by molar-refractivity contribution is 0.126. The highest BCUT2D eigenvalue weighted by atomic mass is 32.2. The van der Waals surface area contributed by atoms with E-state index in [0.717, 1.165) is 24.8 Å². The van der Waals surface area contributed by atoms with Crippen LogP contribution in [0.1, 0.15) is 49.3 Å². The number of benzene rings is 2. The number of piperidine rings is 1. The topological polar surface area (TPSA) is 37.4 Å². The molecule has 1 heterocycles. The van der Waals surface area contributed by atoms with Crippen LogP contribution < -0.4 is 0 Å². The van der Waals surface area contributed by atoms with Gasteiger partial charge >= 0.3 is 0 Å². The van der Waals surface area contributed by atoms with Crippen molar-refractivity contribution in [3.8, 4) is 0 Å². The molecule has 0 N–H and O–H groups in total. The van der Waals surface area contributed by atoms with Crippen LogP contribution >= 0.6 is 0 Å². The first-order valence-electron chi connectivity index (χ1n) is 10.0. The molecule has 2 aromatic rings. The van der Waals surface area contributed by atoms with E-state index in [1.807, 2.05) is 23.4 Å². The summed E-state index contributed by atoms with van der Waals surface area (Å²) in [6.45, 7) is 6.92. The molecule has 1 fully saturated rings. The van der Waals surface area contributed by atoms with Crippen molar-refractivity contribution in [3.05, 3.63) is 65.2 Å². The van der Waals surface area contributed by atoms with Crippen molar-refractivity contribution < 1.29 is 8.42 Å². The first-order valence-corrected chi connectivity index (χ1v) is 11.5. The zero-order chi connectivity index (χ0) is 19.2. The minimum atomic E-state index is -3.47. The molecule has 0 bridgehead atoms. The lowest BCUT2D eigenvalue weighted by atomic mass is 9.69. The van der Waals surface area contributed by atoms with Crippen LogP contribution in [-0.2, 0) is 16.4 Å². The molecule has 144 valence electrons. The summed E-state index contributed by atoms with van der Waals surface area (Å²) in [5.74, 6) is 1.18. The van der Waals surface area contributed by atoms with Crippen molar-refractivity contribution in [2.24, 2.45) is 11.8 Å². The summed E-state index contributed by atoms with van der Waals surface area (Å²) < 4.78 is 28.7. The van der Waals surface area contributed by atoms with Gasteiger partial charge in [0.15, 0.2) is 0 Å². The first kappa shape index (κ1) is 18.7. The fourth-order valence-corrected chi connectivity index (χ4v) is 6.75. The van der Waals surface area contributed by atoms with Crippen LogP contribution in [-0.4, -0.2) is 25.3 Å². The number of hydrogen-bond donors (Lipinski definition) is 0. The molecule has 0 radical (unpaired) electrons. The molecule has 1 aliphatic carbocycles. The van der Waals surface area contributed by atoms with Gasteiger partial charge in [-0.2, -0.15) is 4.31 Å². The minimum absolute atomic E-state index is 0.0451. The number of sulfonamides is 1. The standard InChI is InChI=1S/C23H29NO2S/c1-16(2)23-14-22-19(11-10-18-6-4-5-7-21(18)22)15-24(23)27(25,26)20-12-8-17(3)9-13-20/h4-9,12-13,16,19,22-23H,10-11,14-15H2,1-3H3/t19-,22-,23-/m1/s1. The molecule has 0 amide bonds. The zero-order valence-corrected chi connectivity index (χ0v) is 17.2. The van der Waals surface area contributed by atoms with E-state index < -0.39 is 10.0 Å². The van der Waals surface area contributed by atoms with E-state index in [-0.39, 0.29) is 6.04 Å². The molecule has 3 nitrogen and oxygen atoms in total. The highest BCUT2D eigenvalue weighted by molar-refractivity contribution is 7.89. The number of aryl methyl sites for hydroxylation is 2. The highest BCUT2D eigenvalue weighted by Gasteiger charge is 2.44. The van der Waals surface area contributed by atoms with Crippen molar-refractivity contribution in [3.63, 3.8) is 0 Å². The Morgan fingerprint density at radius 3 is 2.44 bits per heavy atom. The monoisotopic (exact) mass is 383 g/mol. The molecule has 0 saturated carbocycles. The van der Waals surface area contributed by atoms with E-state index in [9.17, 15) is 8.42 Å². The van der Waals surface area contributed by atoms with Gasteiger partial charge < -0.3 is 0 Å². The number of fused-ring (bicyclic) bond motifs is 3. The summed E-state index contributed by atoms with van der Waals surface area (Å²) >= 11 is 0. The molecule has 3 atom stereocenters. The fourth-order valence-electron chi connectivity index (χ4n) is 4.93. The van der Waals surface area contributed by atoms with Crippen LogP contribution in [0.25, 0.3) is 0 Å². The molecular weight excluding hydrogens is 354 g/mol. The van der Waals surface area contributed by atoms with Crippen molar-refractivity contribution in [1.29, 1.82) is 0 Å². The third kappa shape index (κ3) is 3.34. The Morgan fingerprint density at radius 2 is 1.74 bits per heavy atom. The molecule has 1 aliphatic heterocycles. The SMILES string of the molecule is Cc1ccc(S(=O)(=O)N2C[C@H]3CCc4ccccc4[C@@H]3C[C@@H]2C(C)C)cc1. The summed E-state index contributed by atoms with van der Waals surface area (Å²) in [5.41, 5.74) is 3.99. The Balaban J connectivity index is 1.70. The lowest BCUT2D eigenvalue weighted by Gasteiger charge is -2.47. The van der Waals surface area contributed by atoms with E-state index in [2.05, 4.69) is 38.1 Å². The Labute approximate surface area is 163 Å². The van der Waals surface area contributed by atoms with E-state index in [0.29, 0.717) is 29.2 Å². The maximum absolute atomic E-state index is 13.5. The Morgan fingerprint density at radius 1 is 1.04 bits per heavy atom. The number of rotatable bonds is 3. The van der Waals surface area contributed by atoms with Gasteiger partial charge in [0.1, 0.15) is 0 Å². The molecule has 2 aromatic carbocycles. The summed E-state index contributed by atoms with van der Waals surface area (Å²) in [7, 11) is -3.47. The molecule has 0 aromatic heterocycles. The van der Waals surface area contributed by atoms with Crippen LogP contribution in [0.4, 0.5) is 0 Å². The zero-order valence-electron chi connectivity index (χ0n) is 16.4. The van der Waals surface area contributed by atoms with E-state index in [1.165, 1.54) is 11.1 Å². The Hall–Kier alpha value is -1.65. The van der Waals surface area contributed by atoms with Crippen LogP contribution in [0.5, 0.6) is 0 Å². The molecule has 0 spiro atoms. The molecule has 1 saturated heterocycles. The maximum atomic E-state index is 13.5. The smallest absolute Gasteiger partial charge is 0.207 e. The Bertz CT molecular complexity index is 918. The van der Waals surface area contributed by atoms with Gasteiger partial charge in [-0.05, 0) is 67.2 Å². The molecule has 0 unspecified atom stereocenters. The average Bonchev–Trinajstić information content (AvgIpc) is 2.67. The maximum Gasteiger partial charge on any atom is 0.243 e. The van der Waals surface area contributed by atoms with Crippen LogP contribution in [0.3, 0.4) is 0 Å². The summed E-state index contributed by atoms with van der Waals surface area (Å²) in [5, 5.41) is 0. The second kappa shape index (κ2) is 7.06. The molecule has 2 aliphatic rings. The largest absolute Gasteiger partial charge is 0.243 e. The van der Waals surface area contributed by atoms with E-state index in [1.54, 1.807) is 12.1 Å². The predicted molar refractivity (Wildman–Crippen MR) is 109 cm³/mol. The number of hydrogen-bond acceptors (Lipinski definition) is 2. The van der Waals surface area contributed by atoms with E-state index in [4.69, 9.17) is 0 Å². The molecule has 4 heteroatoms. The van der Waals surface area contributed by atoms with Gasteiger partial charge in [0.25, 0.3) is 0 Å². The van der Waals surface area contributed by atoms with E-state index >= 15 is 0 Å². The van der Waals surface area contributed by atoms with Gasteiger partial charge in [-0.15, -0.1) is 0 Å². The van der Waals surface area contributed by atoms with Crippen molar-refractivity contribution in [1.82, 2.24) is 4.31 Å². The second-order valence-electron chi connectivity index (χ2n) is 8.54. The Kier molecular flexibility index (Phi) is 4.89. The van der Waals surface area contributed by atoms with Crippen LogP contribution in [0, 0.1) is 18.8 Å². The third-order valence-electron chi connectivity index (χ3n) is 6.48.